The fourth-order valence-electron chi connectivity index (χ4n) is 1.31. The predicted octanol–water partition coefficient (Wildman–Crippen LogP) is 3.31. The molecule has 1 aromatic carbocycles. The summed E-state index contributed by atoms with van der Waals surface area (Å²) >= 11 is 11.6. The van der Waals surface area contributed by atoms with Crippen LogP contribution >= 0.6 is 23.2 Å². The molecule has 3 N–H and O–H groups in total. The van der Waals surface area contributed by atoms with Crippen LogP contribution in [0.4, 0.5) is 11.4 Å². The highest BCUT2D eigenvalue weighted by atomic mass is 35.5. The van der Waals surface area contributed by atoms with E-state index < -0.39 is 0 Å². The van der Waals surface area contributed by atoms with Crippen molar-refractivity contribution in [1.29, 1.82) is 0 Å². The Bertz CT molecular complexity index is 461. The minimum Gasteiger partial charge on any atom is -0.386 e. The third kappa shape index (κ3) is 4.55. The van der Waals surface area contributed by atoms with Crippen molar-refractivity contribution in [3.63, 3.8) is 0 Å². The van der Waals surface area contributed by atoms with Crippen molar-refractivity contribution in [2.75, 3.05) is 11.2 Å². The summed E-state index contributed by atoms with van der Waals surface area (Å²) in [6, 6.07) is 5.03. The van der Waals surface area contributed by atoms with Gasteiger partial charge in [0.2, 0.25) is 5.91 Å². The number of amides is 1. The van der Waals surface area contributed by atoms with Gasteiger partial charge in [0.05, 0.1) is 22.3 Å². The summed E-state index contributed by atoms with van der Waals surface area (Å²) in [6.45, 7) is 1.94. The Morgan fingerprint density at radius 2 is 2.22 bits per heavy atom. The normalized spacial score (nSPS) is 11.4. The van der Waals surface area contributed by atoms with Crippen LogP contribution < -0.4 is 11.1 Å². The molecule has 0 aliphatic rings. The smallest absolute Gasteiger partial charge is 0.224 e. The number of amidine groups is 1. The molecule has 0 radical (unpaired) electrons. The summed E-state index contributed by atoms with van der Waals surface area (Å²) < 4.78 is 0. The molecule has 1 rings (SSSR count). The van der Waals surface area contributed by atoms with Gasteiger partial charge in [-0.05, 0) is 24.6 Å². The molecular weight excluding hydrogens is 273 g/mol. The van der Waals surface area contributed by atoms with E-state index in [0.717, 1.165) is 6.42 Å². The Labute approximate surface area is 116 Å². The van der Waals surface area contributed by atoms with Crippen molar-refractivity contribution in [3.8, 4) is 0 Å². The van der Waals surface area contributed by atoms with Crippen LogP contribution in [-0.4, -0.2) is 17.6 Å². The molecule has 0 aliphatic heterocycles. The number of rotatable bonds is 5. The van der Waals surface area contributed by atoms with Gasteiger partial charge in [0.15, 0.2) is 0 Å². The number of carbonyl (C=O) groups is 1. The zero-order valence-corrected chi connectivity index (χ0v) is 11.6. The molecule has 0 unspecified atom stereocenters. The topological polar surface area (TPSA) is 67.5 Å². The molecular formula is C12H15Cl2N3O. The number of benzene rings is 1. The van der Waals surface area contributed by atoms with Gasteiger partial charge in [-0.2, -0.15) is 0 Å². The Morgan fingerprint density at radius 3 is 2.78 bits per heavy atom. The van der Waals surface area contributed by atoms with Crippen LogP contribution in [0.2, 0.25) is 5.02 Å². The van der Waals surface area contributed by atoms with Crippen LogP contribution in [0.3, 0.4) is 0 Å². The molecule has 0 saturated carbocycles. The van der Waals surface area contributed by atoms with Crippen LogP contribution in [0.15, 0.2) is 23.2 Å². The largest absolute Gasteiger partial charge is 0.386 e. The Hall–Kier alpha value is -1.26. The fourth-order valence-corrected chi connectivity index (χ4v) is 1.59. The van der Waals surface area contributed by atoms with E-state index in [1.807, 2.05) is 6.92 Å². The van der Waals surface area contributed by atoms with Crippen molar-refractivity contribution in [1.82, 2.24) is 0 Å². The molecule has 0 bridgehead atoms. The average molecular weight is 288 g/mol. The highest BCUT2D eigenvalue weighted by molar-refractivity contribution is 6.34. The van der Waals surface area contributed by atoms with Crippen molar-refractivity contribution < 1.29 is 4.79 Å². The summed E-state index contributed by atoms with van der Waals surface area (Å²) in [4.78, 5) is 15.5. The predicted molar refractivity (Wildman–Crippen MR) is 77.0 cm³/mol. The van der Waals surface area contributed by atoms with Gasteiger partial charge in [0, 0.05) is 6.42 Å². The van der Waals surface area contributed by atoms with Crippen LogP contribution in [0.5, 0.6) is 0 Å². The summed E-state index contributed by atoms with van der Waals surface area (Å²) in [7, 11) is 0. The number of hydrogen-bond donors (Lipinski definition) is 2. The number of anilines is 1. The molecule has 0 heterocycles. The molecule has 0 saturated heterocycles. The van der Waals surface area contributed by atoms with Crippen molar-refractivity contribution >= 4 is 46.3 Å². The van der Waals surface area contributed by atoms with Crippen molar-refractivity contribution in [2.24, 2.45) is 10.7 Å². The molecule has 0 fully saturated rings. The molecule has 98 valence electrons. The van der Waals surface area contributed by atoms with Gasteiger partial charge < -0.3 is 11.1 Å². The third-order valence-corrected chi connectivity index (χ3v) is 2.70. The molecule has 0 aromatic heterocycles. The SMILES string of the molecule is CCCC(=O)Nc1ccc(N=C(N)CCl)cc1Cl. The first-order valence-corrected chi connectivity index (χ1v) is 6.46. The van der Waals surface area contributed by atoms with Gasteiger partial charge in [-0.25, -0.2) is 4.99 Å². The Balaban J connectivity index is 2.83. The van der Waals surface area contributed by atoms with Gasteiger partial charge >= 0.3 is 0 Å². The zero-order chi connectivity index (χ0) is 13.5. The molecule has 4 nitrogen and oxygen atoms in total. The van der Waals surface area contributed by atoms with E-state index in [4.69, 9.17) is 28.9 Å². The first kappa shape index (κ1) is 14.8. The standard InChI is InChI=1S/C12H15Cl2N3O/c1-2-3-12(18)17-10-5-4-8(6-9(10)14)16-11(15)7-13/h4-6H,2-3,7H2,1H3,(H2,15,16)(H,17,18). The second-order valence-corrected chi connectivity index (χ2v) is 4.37. The maximum atomic E-state index is 11.4. The highest BCUT2D eigenvalue weighted by Crippen LogP contribution is 2.27. The van der Waals surface area contributed by atoms with E-state index in [1.165, 1.54) is 0 Å². The lowest BCUT2D eigenvalue weighted by atomic mass is 10.2. The second-order valence-electron chi connectivity index (χ2n) is 3.70. The molecule has 0 atom stereocenters. The van der Waals surface area contributed by atoms with E-state index >= 15 is 0 Å². The highest BCUT2D eigenvalue weighted by Gasteiger charge is 2.05. The Morgan fingerprint density at radius 1 is 1.50 bits per heavy atom. The number of nitrogens with one attached hydrogen (secondary N) is 1. The van der Waals surface area contributed by atoms with Gasteiger partial charge in [-0.1, -0.05) is 18.5 Å². The van der Waals surface area contributed by atoms with E-state index in [2.05, 4.69) is 10.3 Å². The summed E-state index contributed by atoms with van der Waals surface area (Å²) in [5.41, 5.74) is 6.69. The quantitative estimate of drug-likeness (QED) is 0.496. The van der Waals surface area contributed by atoms with Crippen LogP contribution in [0.25, 0.3) is 0 Å². The van der Waals surface area contributed by atoms with Crippen LogP contribution in [0, 0.1) is 0 Å². The maximum absolute atomic E-state index is 11.4. The number of alkyl halides is 1. The molecule has 1 amide bonds. The minimum absolute atomic E-state index is 0.0593. The maximum Gasteiger partial charge on any atom is 0.224 e. The number of halogens is 2. The number of hydrogen-bond acceptors (Lipinski definition) is 2. The first-order valence-electron chi connectivity index (χ1n) is 5.55. The van der Waals surface area contributed by atoms with E-state index in [9.17, 15) is 4.79 Å². The monoisotopic (exact) mass is 287 g/mol. The molecule has 6 heteroatoms. The molecule has 0 spiro atoms. The van der Waals surface area contributed by atoms with Gasteiger partial charge in [-0.3, -0.25) is 4.79 Å². The molecule has 0 aliphatic carbocycles. The van der Waals surface area contributed by atoms with E-state index in [1.54, 1.807) is 18.2 Å². The van der Waals surface area contributed by atoms with Gasteiger partial charge in [0.25, 0.3) is 0 Å². The third-order valence-electron chi connectivity index (χ3n) is 2.11. The minimum atomic E-state index is -0.0593. The van der Waals surface area contributed by atoms with E-state index in [-0.39, 0.29) is 11.8 Å². The lowest BCUT2D eigenvalue weighted by Crippen LogP contribution is -2.12. The zero-order valence-electron chi connectivity index (χ0n) is 10.0. The van der Waals surface area contributed by atoms with Crippen LogP contribution in [-0.2, 0) is 4.79 Å². The number of aliphatic imine (C=N–C) groups is 1. The lowest BCUT2D eigenvalue weighted by Gasteiger charge is -2.07. The van der Waals surface area contributed by atoms with E-state index in [0.29, 0.717) is 28.7 Å². The van der Waals surface area contributed by atoms with Gasteiger partial charge in [-0.15, -0.1) is 11.6 Å². The fraction of sp³-hybridized carbons (Fsp3) is 0.333. The number of nitrogens with zero attached hydrogens (tertiary/aromatic N) is 1. The molecule has 1 aromatic rings. The average Bonchev–Trinajstić information content (AvgIpc) is 2.33. The second kappa shape index (κ2) is 7.24. The van der Waals surface area contributed by atoms with Crippen molar-refractivity contribution in [2.45, 2.75) is 19.8 Å². The molecule has 18 heavy (non-hydrogen) atoms. The first-order chi connectivity index (χ1) is 8.56. The lowest BCUT2D eigenvalue weighted by molar-refractivity contribution is -0.116. The summed E-state index contributed by atoms with van der Waals surface area (Å²) in [6.07, 6.45) is 1.26. The Kier molecular flexibility index (Phi) is 5.95. The van der Waals surface area contributed by atoms with Gasteiger partial charge in [0.1, 0.15) is 5.84 Å². The summed E-state index contributed by atoms with van der Waals surface area (Å²) in [5, 5.41) is 3.15. The van der Waals surface area contributed by atoms with Crippen molar-refractivity contribution in [3.05, 3.63) is 23.2 Å². The van der Waals surface area contributed by atoms with Crippen LogP contribution in [0.1, 0.15) is 19.8 Å². The summed E-state index contributed by atoms with van der Waals surface area (Å²) in [5.74, 6) is 0.415. The number of carbonyl (C=O) groups excluding carboxylic acids is 1. The number of nitrogens with two attached hydrogens (primary N) is 1.